The van der Waals surface area contributed by atoms with Crippen molar-refractivity contribution in [3.05, 3.63) is 82.1 Å². The number of halogens is 2. The van der Waals surface area contributed by atoms with E-state index in [0.29, 0.717) is 22.9 Å². The van der Waals surface area contributed by atoms with E-state index >= 15 is 0 Å². The lowest BCUT2D eigenvalue weighted by atomic mass is 10.1. The third kappa shape index (κ3) is 3.43. The Hall–Kier alpha value is -3.38. The number of hydrogen-bond acceptors (Lipinski definition) is 3. The van der Waals surface area contributed by atoms with Gasteiger partial charge in [0.25, 0.3) is 11.8 Å². The lowest BCUT2D eigenvalue weighted by Gasteiger charge is -2.17. The molecule has 1 aliphatic heterocycles. The molecule has 0 unspecified atom stereocenters. The van der Waals surface area contributed by atoms with Crippen molar-refractivity contribution in [1.82, 2.24) is 0 Å². The molecule has 7 heteroatoms. The molecule has 0 atom stereocenters. The van der Waals surface area contributed by atoms with Crippen LogP contribution in [0.25, 0.3) is 0 Å². The monoisotopic (exact) mass is 410 g/mol. The molecule has 0 aromatic heterocycles. The number of rotatable bonds is 2. The van der Waals surface area contributed by atoms with Gasteiger partial charge in [-0.25, -0.2) is 4.39 Å². The van der Waals surface area contributed by atoms with Crippen molar-refractivity contribution < 1.29 is 18.7 Å². The normalized spacial score (nSPS) is 12.6. The van der Waals surface area contributed by atoms with Crippen LogP contribution in [0.4, 0.5) is 15.8 Å². The van der Waals surface area contributed by atoms with Crippen LogP contribution in [0.5, 0.6) is 11.5 Å². The molecular weight excluding hydrogens is 395 g/mol. The van der Waals surface area contributed by atoms with E-state index in [4.69, 9.17) is 16.3 Å². The van der Waals surface area contributed by atoms with Gasteiger partial charge in [0, 0.05) is 12.7 Å². The highest BCUT2D eigenvalue weighted by Gasteiger charge is 2.26. The van der Waals surface area contributed by atoms with Gasteiger partial charge in [-0.2, -0.15) is 0 Å². The standard InChI is InChI=1S/C22H16ClFN2O3/c1-12-6-8-19-17(10-12)26(2)22(28)14-11-13(7-9-18(14)29-19)25-21(27)20-15(23)4-3-5-16(20)24/h3-11H,1-2H3,(H,25,27). The molecule has 1 N–H and O–H groups in total. The summed E-state index contributed by atoms with van der Waals surface area (Å²) < 4.78 is 19.9. The largest absolute Gasteiger partial charge is 0.454 e. The summed E-state index contributed by atoms with van der Waals surface area (Å²) in [4.78, 5) is 27.0. The molecule has 1 heterocycles. The summed E-state index contributed by atoms with van der Waals surface area (Å²) >= 11 is 5.95. The summed E-state index contributed by atoms with van der Waals surface area (Å²) in [7, 11) is 1.66. The van der Waals surface area contributed by atoms with Crippen molar-refractivity contribution >= 4 is 34.8 Å². The SMILES string of the molecule is Cc1ccc2c(c1)N(C)C(=O)c1cc(NC(=O)c3c(F)cccc3Cl)ccc1O2. The van der Waals surface area contributed by atoms with Crippen LogP contribution in [0.1, 0.15) is 26.3 Å². The molecule has 5 nitrogen and oxygen atoms in total. The number of benzene rings is 3. The number of hydrogen-bond donors (Lipinski definition) is 1. The van der Waals surface area contributed by atoms with Gasteiger partial charge >= 0.3 is 0 Å². The van der Waals surface area contributed by atoms with E-state index in [-0.39, 0.29) is 22.1 Å². The first-order valence-electron chi connectivity index (χ1n) is 8.81. The van der Waals surface area contributed by atoms with E-state index in [0.717, 1.165) is 11.6 Å². The first-order chi connectivity index (χ1) is 13.8. The van der Waals surface area contributed by atoms with Gasteiger partial charge in [-0.05, 0) is 55.0 Å². The number of ether oxygens (including phenoxy) is 1. The molecule has 29 heavy (non-hydrogen) atoms. The quantitative estimate of drug-likeness (QED) is 0.613. The fraction of sp³-hybridized carbons (Fsp3) is 0.0909. The number of amides is 2. The minimum Gasteiger partial charge on any atom is -0.454 e. The van der Waals surface area contributed by atoms with E-state index in [2.05, 4.69) is 5.32 Å². The minimum absolute atomic E-state index is 0.00206. The number of carbonyl (C=O) groups is 2. The summed E-state index contributed by atoms with van der Waals surface area (Å²) in [5.41, 5.74) is 1.98. The van der Waals surface area contributed by atoms with Crippen LogP contribution >= 0.6 is 11.6 Å². The van der Waals surface area contributed by atoms with Crippen LogP contribution in [0.3, 0.4) is 0 Å². The van der Waals surface area contributed by atoms with E-state index < -0.39 is 11.7 Å². The van der Waals surface area contributed by atoms with Crippen LogP contribution in [0.15, 0.2) is 54.6 Å². The van der Waals surface area contributed by atoms with Crippen molar-refractivity contribution in [2.45, 2.75) is 6.92 Å². The summed E-state index contributed by atoms with van der Waals surface area (Å²) in [5.74, 6) is -0.798. The van der Waals surface area contributed by atoms with Crippen LogP contribution in [0, 0.1) is 12.7 Å². The average molecular weight is 411 g/mol. The predicted molar refractivity (Wildman–Crippen MR) is 110 cm³/mol. The molecule has 0 saturated heterocycles. The highest BCUT2D eigenvalue weighted by Crippen LogP contribution is 2.39. The zero-order valence-electron chi connectivity index (χ0n) is 15.6. The van der Waals surface area contributed by atoms with Crippen LogP contribution in [-0.2, 0) is 0 Å². The van der Waals surface area contributed by atoms with Crippen molar-refractivity contribution in [2.24, 2.45) is 0 Å². The van der Waals surface area contributed by atoms with Crippen LogP contribution < -0.4 is 15.0 Å². The van der Waals surface area contributed by atoms with Crippen molar-refractivity contribution in [3.8, 4) is 11.5 Å². The molecule has 3 aromatic carbocycles. The van der Waals surface area contributed by atoms with Gasteiger partial charge in [0.2, 0.25) is 0 Å². The third-order valence-electron chi connectivity index (χ3n) is 4.66. The molecule has 0 radical (unpaired) electrons. The molecule has 4 rings (SSSR count). The Balaban J connectivity index is 1.69. The Labute approximate surface area is 171 Å². The molecule has 0 fully saturated rings. The predicted octanol–water partition coefficient (Wildman–Crippen LogP) is 5.42. The number of nitrogens with zero attached hydrogens (tertiary/aromatic N) is 1. The topological polar surface area (TPSA) is 58.6 Å². The Morgan fingerprint density at radius 1 is 1.10 bits per heavy atom. The smallest absolute Gasteiger partial charge is 0.261 e. The molecule has 146 valence electrons. The zero-order valence-corrected chi connectivity index (χ0v) is 16.4. The molecule has 1 aliphatic rings. The number of nitrogens with one attached hydrogen (secondary N) is 1. The van der Waals surface area contributed by atoms with Gasteiger partial charge in [-0.15, -0.1) is 0 Å². The second-order valence-corrected chi connectivity index (χ2v) is 7.11. The second kappa shape index (κ2) is 7.22. The summed E-state index contributed by atoms with van der Waals surface area (Å²) in [5, 5.41) is 2.59. The molecule has 0 spiro atoms. The molecule has 0 saturated carbocycles. The van der Waals surface area contributed by atoms with Gasteiger partial charge in [0.05, 0.1) is 21.8 Å². The minimum atomic E-state index is -0.727. The number of fused-ring (bicyclic) bond motifs is 2. The second-order valence-electron chi connectivity index (χ2n) is 6.70. The van der Waals surface area contributed by atoms with Crippen molar-refractivity contribution in [1.29, 1.82) is 0 Å². The van der Waals surface area contributed by atoms with Gasteiger partial charge in [-0.1, -0.05) is 23.7 Å². The highest BCUT2D eigenvalue weighted by atomic mass is 35.5. The fourth-order valence-corrected chi connectivity index (χ4v) is 3.41. The first-order valence-corrected chi connectivity index (χ1v) is 9.19. The van der Waals surface area contributed by atoms with E-state index in [1.165, 1.54) is 23.1 Å². The number of carbonyl (C=O) groups excluding carboxylic acids is 2. The number of aryl methyl sites for hydroxylation is 1. The highest BCUT2D eigenvalue weighted by molar-refractivity contribution is 6.34. The fourth-order valence-electron chi connectivity index (χ4n) is 3.16. The van der Waals surface area contributed by atoms with E-state index in [1.54, 1.807) is 25.2 Å². The third-order valence-corrected chi connectivity index (χ3v) is 4.97. The summed E-state index contributed by atoms with van der Waals surface area (Å²) in [6, 6.07) is 14.2. The molecule has 0 aliphatic carbocycles. The molecular formula is C22H16ClFN2O3. The Bertz CT molecular complexity index is 1140. The van der Waals surface area contributed by atoms with Gasteiger partial charge in [0.15, 0.2) is 5.75 Å². The van der Waals surface area contributed by atoms with E-state index in [1.807, 2.05) is 19.1 Å². The van der Waals surface area contributed by atoms with Gasteiger partial charge in [0.1, 0.15) is 11.6 Å². The first kappa shape index (κ1) is 19.0. The average Bonchev–Trinajstić information content (AvgIpc) is 2.78. The Morgan fingerprint density at radius 3 is 2.62 bits per heavy atom. The number of anilines is 2. The van der Waals surface area contributed by atoms with Crippen LogP contribution in [0.2, 0.25) is 5.02 Å². The molecule has 2 amide bonds. The van der Waals surface area contributed by atoms with Crippen molar-refractivity contribution in [3.63, 3.8) is 0 Å². The van der Waals surface area contributed by atoms with Gasteiger partial charge < -0.3 is 15.0 Å². The maximum atomic E-state index is 14.0. The van der Waals surface area contributed by atoms with E-state index in [9.17, 15) is 14.0 Å². The summed E-state index contributed by atoms with van der Waals surface area (Å²) in [6.45, 7) is 1.93. The molecule has 0 bridgehead atoms. The maximum absolute atomic E-state index is 14.0. The van der Waals surface area contributed by atoms with Crippen LogP contribution in [-0.4, -0.2) is 18.9 Å². The lowest BCUT2D eigenvalue weighted by Crippen LogP contribution is -2.25. The lowest BCUT2D eigenvalue weighted by molar-refractivity contribution is 0.0989. The van der Waals surface area contributed by atoms with Crippen molar-refractivity contribution in [2.75, 3.05) is 17.3 Å². The summed E-state index contributed by atoms with van der Waals surface area (Å²) in [6.07, 6.45) is 0. The molecule has 3 aromatic rings. The zero-order chi connectivity index (χ0) is 20.7. The Morgan fingerprint density at radius 2 is 1.86 bits per heavy atom. The Kier molecular flexibility index (Phi) is 4.72. The maximum Gasteiger partial charge on any atom is 0.261 e. The van der Waals surface area contributed by atoms with Gasteiger partial charge in [-0.3, -0.25) is 9.59 Å².